The van der Waals surface area contributed by atoms with Crippen LogP contribution in [0.1, 0.15) is 22.6 Å². The molecule has 2 aromatic rings. The van der Waals surface area contributed by atoms with Crippen molar-refractivity contribution in [3.8, 4) is 5.75 Å². The van der Waals surface area contributed by atoms with Gasteiger partial charge < -0.3 is 15.0 Å². The Kier molecular flexibility index (Phi) is 5.75. The van der Waals surface area contributed by atoms with E-state index in [4.69, 9.17) is 10.5 Å². The van der Waals surface area contributed by atoms with E-state index in [0.717, 1.165) is 0 Å². The molecule has 1 heterocycles. The molecule has 23 heavy (non-hydrogen) atoms. The predicted octanol–water partition coefficient (Wildman–Crippen LogP) is 1.22. The van der Waals surface area contributed by atoms with Gasteiger partial charge >= 0.3 is 0 Å². The third kappa shape index (κ3) is 4.32. The van der Waals surface area contributed by atoms with Crippen LogP contribution in [0.4, 0.5) is 0 Å². The fourth-order valence-electron chi connectivity index (χ4n) is 2.01. The van der Waals surface area contributed by atoms with Crippen LogP contribution in [0.25, 0.3) is 0 Å². The quantitative estimate of drug-likeness (QED) is 0.575. The van der Waals surface area contributed by atoms with E-state index in [2.05, 4.69) is 10.2 Å². The van der Waals surface area contributed by atoms with Crippen molar-refractivity contribution in [1.82, 2.24) is 14.8 Å². The molecule has 0 aliphatic heterocycles. The maximum atomic E-state index is 12.3. The Morgan fingerprint density at radius 1 is 1.30 bits per heavy atom. The number of ketones is 1. The molecule has 7 nitrogen and oxygen atoms in total. The van der Waals surface area contributed by atoms with E-state index in [9.17, 15) is 9.59 Å². The van der Waals surface area contributed by atoms with E-state index in [-0.39, 0.29) is 23.9 Å². The van der Waals surface area contributed by atoms with Crippen molar-refractivity contribution in [2.45, 2.75) is 18.0 Å². The number of aryl methyl sites for hydroxylation is 1. The van der Waals surface area contributed by atoms with Gasteiger partial charge in [-0.15, -0.1) is 10.2 Å². The lowest BCUT2D eigenvalue weighted by molar-refractivity contribution is -0.118. The van der Waals surface area contributed by atoms with Crippen molar-refractivity contribution >= 4 is 23.5 Å². The number of benzene rings is 1. The van der Waals surface area contributed by atoms with Crippen LogP contribution in [0.15, 0.2) is 29.4 Å². The number of Topliss-reactive ketones (excluding diaryl/α,β-unsaturated/α-hetero) is 1. The van der Waals surface area contributed by atoms with Crippen molar-refractivity contribution in [2.24, 2.45) is 12.8 Å². The Morgan fingerprint density at radius 2 is 2.04 bits per heavy atom. The number of ether oxygens (including phenoxy) is 1. The number of amides is 1. The minimum atomic E-state index is -0.381. The van der Waals surface area contributed by atoms with Gasteiger partial charge in [-0.1, -0.05) is 23.9 Å². The number of hydrogen-bond donors (Lipinski definition) is 1. The number of aromatic nitrogens is 3. The summed E-state index contributed by atoms with van der Waals surface area (Å²) in [5, 5.41) is 8.68. The Balaban J connectivity index is 2.01. The first kappa shape index (κ1) is 17.0. The highest BCUT2D eigenvalue weighted by atomic mass is 32.2. The third-order valence-electron chi connectivity index (χ3n) is 3.26. The number of para-hydroxylation sites is 1. The fourth-order valence-corrected chi connectivity index (χ4v) is 2.82. The maximum Gasteiger partial charge on any atom is 0.217 e. The summed E-state index contributed by atoms with van der Waals surface area (Å²) in [6.07, 6.45) is 0.649. The van der Waals surface area contributed by atoms with E-state index in [0.29, 0.717) is 28.7 Å². The number of carbonyl (C=O) groups is 2. The van der Waals surface area contributed by atoms with Crippen LogP contribution in [0, 0.1) is 0 Å². The minimum Gasteiger partial charge on any atom is -0.496 e. The van der Waals surface area contributed by atoms with Crippen LogP contribution >= 0.6 is 11.8 Å². The summed E-state index contributed by atoms with van der Waals surface area (Å²) in [6, 6.07) is 7.10. The minimum absolute atomic E-state index is 0.0471. The summed E-state index contributed by atoms with van der Waals surface area (Å²) < 4.78 is 6.96. The molecule has 0 saturated heterocycles. The van der Waals surface area contributed by atoms with Crippen LogP contribution in [0.5, 0.6) is 5.75 Å². The number of nitrogens with two attached hydrogens (primary N) is 1. The van der Waals surface area contributed by atoms with Gasteiger partial charge in [-0.25, -0.2) is 0 Å². The first-order chi connectivity index (χ1) is 11.0. The number of methoxy groups -OCH3 is 1. The monoisotopic (exact) mass is 334 g/mol. The molecule has 0 aliphatic carbocycles. The zero-order chi connectivity index (χ0) is 16.8. The second-order valence-corrected chi connectivity index (χ2v) is 5.78. The number of hydrogen-bond acceptors (Lipinski definition) is 6. The van der Waals surface area contributed by atoms with Gasteiger partial charge in [0, 0.05) is 19.9 Å². The normalized spacial score (nSPS) is 10.5. The lowest BCUT2D eigenvalue weighted by Crippen LogP contribution is -2.13. The summed E-state index contributed by atoms with van der Waals surface area (Å²) in [4.78, 5) is 23.1. The maximum absolute atomic E-state index is 12.3. The molecule has 0 unspecified atom stereocenters. The predicted molar refractivity (Wildman–Crippen MR) is 86.6 cm³/mol. The molecule has 1 aromatic heterocycles. The summed E-state index contributed by atoms with van der Waals surface area (Å²) in [5.74, 6) is 1.01. The Hall–Kier alpha value is -2.35. The average Bonchev–Trinajstić information content (AvgIpc) is 2.90. The van der Waals surface area contributed by atoms with Gasteiger partial charge in [-0.05, 0) is 12.1 Å². The van der Waals surface area contributed by atoms with Gasteiger partial charge in [0.2, 0.25) is 5.91 Å². The smallest absolute Gasteiger partial charge is 0.217 e. The molecule has 1 amide bonds. The second-order valence-electron chi connectivity index (χ2n) is 4.84. The zero-order valence-electron chi connectivity index (χ0n) is 13.0. The van der Waals surface area contributed by atoms with Crippen LogP contribution in [0.3, 0.4) is 0 Å². The molecule has 0 fully saturated rings. The third-order valence-corrected chi connectivity index (χ3v) is 4.28. The first-order valence-electron chi connectivity index (χ1n) is 6.98. The molecule has 0 radical (unpaired) electrons. The van der Waals surface area contributed by atoms with E-state index < -0.39 is 0 Å². The number of thioether (sulfide) groups is 1. The summed E-state index contributed by atoms with van der Waals surface area (Å²) in [7, 11) is 3.33. The van der Waals surface area contributed by atoms with Gasteiger partial charge in [0.25, 0.3) is 0 Å². The van der Waals surface area contributed by atoms with Crippen molar-refractivity contribution in [3.05, 3.63) is 35.7 Å². The summed E-state index contributed by atoms with van der Waals surface area (Å²) in [6.45, 7) is 0. The Labute approximate surface area is 138 Å². The van der Waals surface area contributed by atoms with Crippen molar-refractivity contribution in [1.29, 1.82) is 0 Å². The molecule has 0 atom stereocenters. The molecule has 0 saturated carbocycles. The molecule has 2 N–H and O–H groups in total. The molecule has 8 heteroatoms. The van der Waals surface area contributed by atoms with E-state index in [1.165, 1.54) is 18.9 Å². The number of primary amides is 1. The van der Waals surface area contributed by atoms with E-state index >= 15 is 0 Å². The molecule has 0 bridgehead atoms. The Bertz CT molecular complexity index is 714. The number of carbonyl (C=O) groups excluding carboxylic acids is 2. The van der Waals surface area contributed by atoms with Crippen LogP contribution in [-0.4, -0.2) is 39.3 Å². The molecular formula is C15H18N4O3S. The average molecular weight is 334 g/mol. The highest BCUT2D eigenvalue weighted by molar-refractivity contribution is 7.99. The van der Waals surface area contributed by atoms with Crippen molar-refractivity contribution in [2.75, 3.05) is 12.9 Å². The fraction of sp³-hybridized carbons (Fsp3) is 0.333. The highest BCUT2D eigenvalue weighted by Crippen LogP contribution is 2.22. The number of rotatable bonds is 8. The topological polar surface area (TPSA) is 100 Å². The SMILES string of the molecule is COc1ccccc1C(=O)CSc1nnc(CCC(N)=O)n1C. The molecule has 0 aliphatic rings. The first-order valence-corrected chi connectivity index (χ1v) is 7.97. The lowest BCUT2D eigenvalue weighted by Gasteiger charge is -2.07. The van der Waals surface area contributed by atoms with Gasteiger partial charge in [0.15, 0.2) is 10.9 Å². The van der Waals surface area contributed by atoms with Gasteiger partial charge in [0.1, 0.15) is 11.6 Å². The van der Waals surface area contributed by atoms with E-state index in [1.807, 2.05) is 6.07 Å². The molecule has 1 aromatic carbocycles. The summed E-state index contributed by atoms with van der Waals surface area (Å²) in [5.41, 5.74) is 5.67. The lowest BCUT2D eigenvalue weighted by atomic mass is 10.1. The standard InChI is InChI=1S/C15H18N4O3S/c1-19-14(8-7-13(16)21)17-18-15(19)23-9-11(20)10-5-3-4-6-12(10)22-2/h3-6H,7-9H2,1-2H3,(H2,16,21). The van der Waals surface area contributed by atoms with E-state index in [1.54, 1.807) is 29.8 Å². The van der Waals surface area contributed by atoms with Crippen LogP contribution in [0.2, 0.25) is 0 Å². The molecule has 2 rings (SSSR count). The molecule has 122 valence electrons. The van der Waals surface area contributed by atoms with Crippen molar-refractivity contribution < 1.29 is 14.3 Å². The van der Waals surface area contributed by atoms with Gasteiger partial charge in [0.05, 0.1) is 18.4 Å². The van der Waals surface area contributed by atoms with Crippen LogP contribution < -0.4 is 10.5 Å². The van der Waals surface area contributed by atoms with Crippen LogP contribution in [-0.2, 0) is 18.3 Å². The molecular weight excluding hydrogens is 316 g/mol. The van der Waals surface area contributed by atoms with Gasteiger partial charge in [-0.3, -0.25) is 9.59 Å². The summed E-state index contributed by atoms with van der Waals surface area (Å²) >= 11 is 1.29. The van der Waals surface area contributed by atoms with Crippen molar-refractivity contribution in [3.63, 3.8) is 0 Å². The van der Waals surface area contributed by atoms with Gasteiger partial charge in [-0.2, -0.15) is 0 Å². The zero-order valence-corrected chi connectivity index (χ0v) is 13.8. The molecule has 0 spiro atoms. The highest BCUT2D eigenvalue weighted by Gasteiger charge is 2.15. The second kappa shape index (κ2) is 7.77. The largest absolute Gasteiger partial charge is 0.496 e. The Morgan fingerprint density at radius 3 is 2.74 bits per heavy atom. The number of nitrogens with zero attached hydrogens (tertiary/aromatic N) is 3.